The van der Waals surface area contributed by atoms with Crippen molar-refractivity contribution in [1.82, 2.24) is 19.5 Å². The minimum Gasteiger partial charge on any atom is -0.497 e. The maximum Gasteiger partial charge on any atom is 0.173 e. The van der Waals surface area contributed by atoms with E-state index in [2.05, 4.69) is 44.9 Å². The maximum absolute atomic E-state index is 8.36. The summed E-state index contributed by atoms with van der Waals surface area (Å²) in [7, 11) is 3.29. The Kier molecular flexibility index (Phi) is 6.58. The molecular formula is C26H29N5O2S. The van der Waals surface area contributed by atoms with Crippen LogP contribution in [-0.4, -0.2) is 33.7 Å². The predicted molar refractivity (Wildman–Crippen MR) is 133 cm³/mol. The van der Waals surface area contributed by atoms with Crippen molar-refractivity contribution in [3.63, 3.8) is 0 Å². The van der Waals surface area contributed by atoms with Crippen LogP contribution in [0.3, 0.4) is 0 Å². The first-order chi connectivity index (χ1) is 16.7. The highest BCUT2D eigenvalue weighted by Gasteiger charge is 2.27. The smallest absolute Gasteiger partial charge is 0.173 e. The van der Waals surface area contributed by atoms with Crippen molar-refractivity contribution < 1.29 is 9.47 Å². The minimum absolute atomic E-state index is 0.195. The molecule has 0 amide bonds. The molecule has 0 radical (unpaired) electrons. The van der Waals surface area contributed by atoms with Gasteiger partial charge in [0.1, 0.15) is 17.0 Å². The summed E-state index contributed by atoms with van der Waals surface area (Å²) in [5, 5.41) is 9.05. The minimum atomic E-state index is 0.195. The van der Waals surface area contributed by atoms with Gasteiger partial charge in [-0.2, -0.15) is 0 Å². The Hall–Kier alpha value is -3.26. The molecule has 0 saturated heterocycles. The van der Waals surface area contributed by atoms with Crippen molar-refractivity contribution in [2.24, 2.45) is 5.92 Å². The molecule has 1 atom stereocenters. The molecule has 1 aliphatic rings. The molecule has 0 spiro atoms. The Morgan fingerprint density at radius 3 is 2.65 bits per heavy atom. The standard InChI is InChI=1S/C26H29N5O2S/c1-32-19-12-13-21(33-2)22(14-19)34-26-29-23-24(27)28-16-31(25(23)30-26)15-20(18-10-6-7-11-18)17-8-4-3-5-9-17/h3-5,8-9,12-14,16,18,20,27H,6-7,10-11,15H2,1-2H3,(H,29,30). The summed E-state index contributed by atoms with van der Waals surface area (Å²) in [4.78, 5) is 13.5. The lowest BCUT2D eigenvalue weighted by Crippen LogP contribution is -2.20. The van der Waals surface area contributed by atoms with Gasteiger partial charge in [0.2, 0.25) is 0 Å². The van der Waals surface area contributed by atoms with Crippen LogP contribution in [0.2, 0.25) is 0 Å². The second-order valence-electron chi connectivity index (χ2n) is 8.67. The van der Waals surface area contributed by atoms with E-state index in [4.69, 9.17) is 19.9 Å². The predicted octanol–water partition coefficient (Wildman–Crippen LogP) is 5.38. The topological polar surface area (TPSA) is 88.8 Å². The molecule has 176 valence electrons. The average molecular weight is 476 g/mol. The van der Waals surface area contributed by atoms with E-state index in [1.807, 2.05) is 18.2 Å². The highest BCUT2D eigenvalue weighted by Crippen LogP contribution is 2.39. The van der Waals surface area contributed by atoms with Gasteiger partial charge >= 0.3 is 0 Å². The molecular weight excluding hydrogens is 446 g/mol. The lowest BCUT2D eigenvalue weighted by atomic mass is 9.84. The number of imidazole rings is 1. The molecule has 4 aromatic rings. The maximum atomic E-state index is 8.36. The van der Waals surface area contributed by atoms with Gasteiger partial charge in [-0.1, -0.05) is 43.2 Å². The molecule has 2 N–H and O–H groups in total. The molecule has 1 unspecified atom stereocenters. The van der Waals surface area contributed by atoms with Crippen LogP contribution < -0.4 is 15.0 Å². The molecule has 7 nitrogen and oxygen atoms in total. The first-order valence-corrected chi connectivity index (χ1v) is 12.4. The van der Waals surface area contributed by atoms with Gasteiger partial charge in [0, 0.05) is 12.5 Å². The number of methoxy groups -OCH3 is 2. The molecule has 0 aliphatic heterocycles. The van der Waals surface area contributed by atoms with E-state index in [0.717, 1.165) is 28.6 Å². The number of aromatic nitrogens is 4. The summed E-state index contributed by atoms with van der Waals surface area (Å²) in [5.41, 5.74) is 2.95. The van der Waals surface area contributed by atoms with Gasteiger partial charge in [0.25, 0.3) is 0 Å². The van der Waals surface area contributed by atoms with E-state index in [9.17, 15) is 0 Å². The van der Waals surface area contributed by atoms with Gasteiger partial charge in [-0.25, -0.2) is 9.97 Å². The van der Waals surface area contributed by atoms with Crippen LogP contribution in [0, 0.1) is 11.3 Å². The van der Waals surface area contributed by atoms with Gasteiger partial charge in [-0.05, 0) is 54.3 Å². The lowest BCUT2D eigenvalue weighted by Gasteiger charge is -2.25. The summed E-state index contributed by atoms with van der Waals surface area (Å²) in [6.45, 7) is 0.788. The Morgan fingerprint density at radius 2 is 1.91 bits per heavy atom. The van der Waals surface area contributed by atoms with E-state index >= 15 is 0 Å². The third-order valence-electron chi connectivity index (χ3n) is 6.67. The Balaban J connectivity index is 1.51. The van der Waals surface area contributed by atoms with Crippen LogP contribution >= 0.6 is 11.8 Å². The van der Waals surface area contributed by atoms with Crippen molar-refractivity contribution in [2.45, 2.75) is 48.2 Å². The number of H-pyrrole nitrogens is 1. The highest BCUT2D eigenvalue weighted by atomic mass is 32.2. The molecule has 1 saturated carbocycles. The summed E-state index contributed by atoms with van der Waals surface area (Å²) in [5.74, 6) is 2.53. The van der Waals surface area contributed by atoms with Crippen LogP contribution in [0.4, 0.5) is 0 Å². The summed E-state index contributed by atoms with van der Waals surface area (Å²) < 4.78 is 13.0. The second-order valence-corrected chi connectivity index (χ2v) is 9.70. The van der Waals surface area contributed by atoms with Gasteiger partial charge in [0.15, 0.2) is 16.3 Å². The quantitative estimate of drug-likeness (QED) is 0.357. The van der Waals surface area contributed by atoms with E-state index in [1.165, 1.54) is 43.0 Å². The van der Waals surface area contributed by atoms with E-state index in [-0.39, 0.29) is 5.49 Å². The van der Waals surface area contributed by atoms with Crippen LogP contribution in [0.1, 0.15) is 37.2 Å². The number of aromatic amines is 1. The number of ether oxygens (including phenoxy) is 2. The van der Waals surface area contributed by atoms with Crippen molar-refractivity contribution in [1.29, 1.82) is 5.41 Å². The summed E-state index contributed by atoms with van der Waals surface area (Å²) in [6.07, 6.45) is 6.86. The molecule has 1 fully saturated rings. The number of fused-ring (bicyclic) bond motifs is 1. The number of hydrogen-bond donors (Lipinski definition) is 2. The molecule has 2 aromatic carbocycles. The van der Waals surface area contributed by atoms with Crippen molar-refractivity contribution in [2.75, 3.05) is 14.2 Å². The Bertz CT molecular complexity index is 1330. The molecule has 34 heavy (non-hydrogen) atoms. The first kappa shape index (κ1) is 22.5. The number of hydrogen-bond acceptors (Lipinski definition) is 6. The molecule has 8 heteroatoms. The molecule has 0 bridgehead atoms. The average Bonchev–Trinajstić information content (AvgIpc) is 3.55. The number of benzene rings is 2. The van der Waals surface area contributed by atoms with Crippen molar-refractivity contribution in [3.8, 4) is 11.5 Å². The van der Waals surface area contributed by atoms with Gasteiger partial charge in [-0.15, -0.1) is 0 Å². The second kappa shape index (κ2) is 9.93. The van der Waals surface area contributed by atoms with Crippen LogP contribution in [0.25, 0.3) is 11.2 Å². The van der Waals surface area contributed by atoms with E-state index in [1.54, 1.807) is 20.5 Å². The fraction of sp³-hybridized carbons (Fsp3) is 0.346. The van der Waals surface area contributed by atoms with Crippen LogP contribution in [0.15, 0.2) is 64.9 Å². The highest BCUT2D eigenvalue weighted by molar-refractivity contribution is 7.99. The lowest BCUT2D eigenvalue weighted by molar-refractivity contribution is 0.389. The van der Waals surface area contributed by atoms with Crippen LogP contribution in [0.5, 0.6) is 11.5 Å². The zero-order valence-electron chi connectivity index (χ0n) is 19.5. The Labute approximate surface area is 203 Å². The third-order valence-corrected chi connectivity index (χ3v) is 7.59. The molecule has 5 rings (SSSR count). The first-order valence-electron chi connectivity index (χ1n) is 11.6. The zero-order valence-corrected chi connectivity index (χ0v) is 20.3. The fourth-order valence-electron chi connectivity index (χ4n) is 4.91. The van der Waals surface area contributed by atoms with Gasteiger partial charge < -0.3 is 19.0 Å². The van der Waals surface area contributed by atoms with Crippen molar-refractivity contribution >= 4 is 22.9 Å². The van der Waals surface area contributed by atoms with Crippen molar-refractivity contribution in [3.05, 3.63) is 65.9 Å². The summed E-state index contributed by atoms with van der Waals surface area (Å²) >= 11 is 1.46. The Morgan fingerprint density at radius 1 is 1.12 bits per heavy atom. The largest absolute Gasteiger partial charge is 0.497 e. The number of rotatable bonds is 8. The normalized spacial score (nSPS) is 15.0. The summed E-state index contributed by atoms with van der Waals surface area (Å²) in [6, 6.07) is 16.4. The molecule has 2 heterocycles. The fourth-order valence-corrected chi connectivity index (χ4v) is 5.83. The SMILES string of the molecule is COc1ccc(OC)c(Sc2nc3c([nH]2)c(=N)ncn3CC(c2ccccc2)C2CCCC2)c1. The van der Waals surface area contributed by atoms with Crippen LogP contribution in [-0.2, 0) is 6.54 Å². The molecule has 1 aliphatic carbocycles. The number of nitrogens with zero attached hydrogens (tertiary/aromatic N) is 3. The van der Waals surface area contributed by atoms with Gasteiger partial charge in [-0.3, -0.25) is 5.41 Å². The van der Waals surface area contributed by atoms with E-state index < -0.39 is 0 Å². The molecule has 2 aromatic heterocycles. The van der Waals surface area contributed by atoms with E-state index in [0.29, 0.717) is 22.5 Å². The number of nitrogens with one attached hydrogen (secondary N) is 2. The zero-order chi connectivity index (χ0) is 23.5. The third kappa shape index (κ3) is 4.55. The van der Waals surface area contributed by atoms with Gasteiger partial charge in [0.05, 0.1) is 25.4 Å². The monoisotopic (exact) mass is 475 g/mol.